The van der Waals surface area contributed by atoms with Gasteiger partial charge >= 0.3 is 6.18 Å². The van der Waals surface area contributed by atoms with E-state index in [1.807, 2.05) is 0 Å². The van der Waals surface area contributed by atoms with Crippen LogP contribution in [0.15, 0.2) is 42.5 Å². The van der Waals surface area contributed by atoms with E-state index in [9.17, 15) is 22.8 Å². The molecule has 1 saturated heterocycles. The number of nitrogens with zero attached hydrogens (tertiary/aromatic N) is 1. The van der Waals surface area contributed by atoms with Crippen molar-refractivity contribution in [3.8, 4) is 0 Å². The van der Waals surface area contributed by atoms with Crippen LogP contribution < -0.4 is 5.32 Å². The van der Waals surface area contributed by atoms with Crippen LogP contribution in [0.25, 0.3) is 6.08 Å². The van der Waals surface area contributed by atoms with Gasteiger partial charge in [-0.3, -0.25) is 14.5 Å². The molecule has 0 unspecified atom stereocenters. The lowest BCUT2D eigenvalue weighted by Gasteiger charge is -2.41. The minimum atomic E-state index is -4.57. The Morgan fingerprint density at radius 3 is 2.48 bits per heavy atom. The molecular formula is C22H17Cl2F3N2O2. The van der Waals surface area contributed by atoms with Crippen molar-refractivity contribution in [3.05, 3.63) is 74.8 Å². The predicted molar refractivity (Wildman–Crippen MR) is 112 cm³/mol. The summed E-state index contributed by atoms with van der Waals surface area (Å²) in [6.45, 7) is 1.10. The average Bonchev–Trinajstić information content (AvgIpc) is 2.94. The molecule has 0 aromatic heterocycles. The number of hydrogen-bond acceptors (Lipinski definition) is 3. The molecule has 4 nitrogen and oxygen atoms in total. The van der Waals surface area contributed by atoms with E-state index in [1.165, 1.54) is 30.3 Å². The highest BCUT2D eigenvalue weighted by Gasteiger charge is 2.53. The predicted octanol–water partition coefficient (Wildman–Crippen LogP) is 5.29. The first kappa shape index (κ1) is 21.9. The summed E-state index contributed by atoms with van der Waals surface area (Å²) >= 11 is 12.5. The SMILES string of the molecule is O=C(C=Cc1ccccc1C(F)(F)F)N1C(=O)c2cc(Cl)cc(Cl)c2C12CCNCC2. The summed E-state index contributed by atoms with van der Waals surface area (Å²) in [6, 6.07) is 7.94. The Labute approximate surface area is 186 Å². The van der Waals surface area contributed by atoms with Crippen LogP contribution in [0.2, 0.25) is 10.0 Å². The van der Waals surface area contributed by atoms with Crippen molar-refractivity contribution in [2.75, 3.05) is 13.1 Å². The van der Waals surface area contributed by atoms with Gasteiger partial charge < -0.3 is 5.32 Å². The van der Waals surface area contributed by atoms with Gasteiger partial charge in [-0.2, -0.15) is 13.2 Å². The molecule has 2 heterocycles. The highest BCUT2D eigenvalue weighted by molar-refractivity contribution is 6.36. The number of hydrogen-bond donors (Lipinski definition) is 1. The Hall–Kier alpha value is -2.35. The van der Waals surface area contributed by atoms with Crippen LogP contribution in [0.5, 0.6) is 0 Å². The number of piperidine rings is 1. The topological polar surface area (TPSA) is 49.4 Å². The van der Waals surface area contributed by atoms with E-state index in [2.05, 4.69) is 5.32 Å². The molecule has 0 saturated carbocycles. The van der Waals surface area contributed by atoms with E-state index in [-0.39, 0.29) is 16.1 Å². The normalized spacial score (nSPS) is 18.1. The summed E-state index contributed by atoms with van der Waals surface area (Å²) in [4.78, 5) is 27.5. The van der Waals surface area contributed by atoms with Crippen LogP contribution in [0.4, 0.5) is 13.2 Å². The van der Waals surface area contributed by atoms with Gasteiger partial charge in [-0.05, 0) is 55.8 Å². The molecule has 1 N–H and O–H groups in total. The zero-order chi connectivity index (χ0) is 22.4. The summed E-state index contributed by atoms with van der Waals surface area (Å²) in [6.07, 6.45) is -1.60. The van der Waals surface area contributed by atoms with Crippen molar-refractivity contribution in [1.29, 1.82) is 0 Å². The van der Waals surface area contributed by atoms with Crippen molar-refractivity contribution in [1.82, 2.24) is 10.2 Å². The molecule has 0 aliphatic carbocycles. The smallest absolute Gasteiger partial charge is 0.317 e. The van der Waals surface area contributed by atoms with E-state index in [0.717, 1.165) is 23.1 Å². The molecule has 2 aromatic rings. The number of nitrogens with one attached hydrogen (secondary N) is 1. The average molecular weight is 469 g/mol. The van der Waals surface area contributed by atoms with Gasteiger partial charge in [-0.15, -0.1) is 0 Å². The maximum atomic E-state index is 13.3. The second kappa shape index (κ2) is 7.97. The van der Waals surface area contributed by atoms with E-state index in [4.69, 9.17) is 23.2 Å². The van der Waals surface area contributed by atoms with Crippen LogP contribution in [-0.2, 0) is 16.5 Å². The number of rotatable bonds is 2. The fraction of sp³-hybridized carbons (Fsp3) is 0.273. The number of benzene rings is 2. The molecule has 2 aromatic carbocycles. The largest absolute Gasteiger partial charge is 0.416 e. The van der Waals surface area contributed by atoms with Crippen molar-refractivity contribution >= 4 is 41.1 Å². The minimum Gasteiger partial charge on any atom is -0.317 e. The standard InChI is InChI=1S/C22H17Cl2F3N2O2/c23-14-11-15-19(17(24)12-14)21(7-9-28-10-8-21)29(20(15)31)18(30)6-5-13-3-1-2-4-16(13)22(25,26)27/h1-6,11-12,28H,7-10H2. The summed E-state index contributed by atoms with van der Waals surface area (Å²) in [7, 11) is 0. The van der Waals surface area contributed by atoms with Gasteiger partial charge in [-0.25, -0.2) is 0 Å². The number of carbonyl (C=O) groups excluding carboxylic acids is 2. The van der Waals surface area contributed by atoms with Gasteiger partial charge in [-0.1, -0.05) is 41.4 Å². The van der Waals surface area contributed by atoms with Crippen molar-refractivity contribution < 1.29 is 22.8 Å². The number of imide groups is 1. The third kappa shape index (κ3) is 3.75. The van der Waals surface area contributed by atoms with Crippen LogP contribution >= 0.6 is 23.2 Å². The quantitative estimate of drug-likeness (QED) is 0.609. The van der Waals surface area contributed by atoms with Gasteiger partial charge in [0.2, 0.25) is 0 Å². The third-order valence-corrected chi connectivity index (χ3v) is 6.22. The summed E-state index contributed by atoms with van der Waals surface area (Å²) < 4.78 is 39.8. The highest BCUT2D eigenvalue weighted by atomic mass is 35.5. The first-order valence-corrected chi connectivity index (χ1v) is 10.3. The molecule has 1 spiro atoms. The van der Waals surface area contributed by atoms with Gasteiger partial charge in [0.05, 0.1) is 11.1 Å². The Bertz CT molecular complexity index is 1090. The fourth-order valence-electron chi connectivity index (χ4n) is 4.40. The monoisotopic (exact) mass is 468 g/mol. The molecule has 4 rings (SSSR count). The summed E-state index contributed by atoms with van der Waals surface area (Å²) in [5.41, 5.74) is -1.20. The Morgan fingerprint density at radius 1 is 1.13 bits per heavy atom. The number of halogens is 5. The molecule has 0 bridgehead atoms. The van der Waals surface area contributed by atoms with Crippen molar-refractivity contribution in [2.24, 2.45) is 0 Å². The zero-order valence-corrected chi connectivity index (χ0v) is 17.6. The maximum absolute atomic E-state index is 13.3. The van der Waals surface area contributed by atoms with Crippen molar-refractivity contribution in [2.45, 2.75) is 24.6 Å². The van der Waals surface area contributed by atoms with E-state index in [1.54, 1.807) is 0 Å². The number of alkyl halides is 3. The Balaban J connectivity index is 1.76. The van der Waals surface area contributed by atoms with Gasteiger partial charge in [0.25, 0.3) is 11.8 Å². The van der Waals surface area contributed by atoms with Gasteiger partial charge in [0, 0.05) is 27.2 Å². The first-order chi connectivity index (χ1) is 14.6. The van der Waals surface area contributed by atoms with Crippen LogP contribution in [0, 0.1) is 0 Å². The lowest BCUT2D eigenvalue weighted by molar-refractivity contribution is -0.137. The van der Waals surface area contributed by atoms with Crippen molar-refractivity contribution in [3.63, 3.8) is 0 Å². The van der Waals surface area contributed by atoms with Gasteiger partial charge in [0.1, 0.15) is 0 Å². The zero-order valence-electron chi connectivity index (χ0n) is 16.1. The fourth-order valence-corrected chi connectivity index (χ4v) is 5.07. The lowest BCUT2D eigenvalue weighted by atomic mass is 9.81. The summed E-state index contributed by atoms with van der Waals surface area (Å²) in [5, 5.41) is 3.75. The summed E-state index contributed by atoms with van der Waals surface area (Å²) in [5.74, 6) is -1.26. The van der Waals surface area contributed by atoms with E-state index < -0.39 is 29.1 Å². The third-order valence-electron chi connectivity index (χ3n) is 5.70. The first-order valence-electron chi connectivity index (χ1n) is 9.58. The molecule has 9 heteroatoms. The molecule has 2 aliphatic rings. The minimum absolute atomic E-state index is 0.159. The molecule has 2 amide bonds. The lowest BCUT2D eigenvalue weighted by Crippen LogP contribution is -2.52. The van der Waals surface area contributed by atoms with Crippen LogP contribution in [-0.4, -0.2) is 29.8 Å². The second-order valence-electron chi connectivity index (χ2n) is 7.49. The van der Waals surface area contributed by atoms with Crippen LogP contribution in [0.1, 0.15) is 39.9 Å². The van der Waals surface area contributed by atoms with E-state index >= 15 is 0 Å². The molecule has 31 heavy (non-hydrogen) atoms. The molecule has 0 radical (unpaired) electrons. The number of carbonyl (C=O) groups is 2. The van der Waals surface area contributed by atoms with Gasteiger partial charge in [0.15, 0.2) is 0 Å². The Morgan fingerprint density at radius 2 is 1.81 bits per heavy atom. The molecule has 1 fully saturated rings. The highest BCUT2D eigenvalue weighted by Crippen LogP contribution is 2.49. The molecule has 2 aliphatic heterocycles. The molecule has 0 atom stereocenters. The number of amides is 2. The number of fused-ring (bicyclic) bond motifs is 2. The van der Waals surface area contributed by atoms with E-state index in [0.29, 0.717) is 36.5 Å². The second-order valence-corrected chi connectivity index (χ2v) is 8.33. The molecule has 162 valence electrons. The maximum Gasteiger partial charge on any atom is 0.416 e. The molecular weight excluding hydrogens is 452 g/mol. The van der Waals surface area contributed by atoms with Crippen LogP contribution in [0.3, 0.4) is 0 Å². The Kier molecular flexibility index (Phi) is 5.62.